The van der Waals surface area contributed by atoms with E-state index in [4.69, 9.17) is 5.11 Å². The molecule has 1 aliphatic heterocycles. The van der Waals surface area contributed by atoms with Crippen LogP contribution in [0.2, 0.25) is 0 Å². The minimum atomic E-state index is -3.53. The van der Waals surface area contributed by atoms with Crippen molar-refractivity contribution in [3.05, 3.63) is 18.2 Å². The third kappa shape index (κ3) is 3.41. The van der Waals surface area contributed by atoms with Crippen LogP contribution >= 0.6 is 0 Å². The molecule has 0 unspecified atom stereocenters. The van der Waals surface area contributed by atoms with Crippen LogP contribution in [0.25, 0.3) is 11.0 Å². The number of rotatable bonds is 5. The third-order valence-corrected chi connectivity index (χ3v) is 6.12. The van der Waals surface area contributed by atoms with Gasteiger partial charge in [0.1, 0.15) is 5.52 Å². The normalized spacial score (nSPS) is 17.0. The number of hydrogen-bond donors (Lipinski definition) is 1. The molecule has 3 rings (SSSR count). The van der Waals surface area contributed by atoms with Crippen LogP contribution in [-0.4, -0.2) is 51.9 Å². The van der Waals surface area contributed by atoms with Crippen molar-refractivity contribution in [1.29, 1.82) is 0 Å². The number of aliphatic carboxylic acids is 1. The lowest BCUT2D eigenvalue weighted by Crippen LogP contribution is -2.31. The Morgan fingerprint density at radius 1 is 1.17 bits per heavy atom. The smallest absolute Gasteiger partial charge is 0.305 e. The largest absolute Gasteiger partial charge is 0.481 e. The molecule has 9 heteroatoms. The van der Waals surface area contributed by atoms with Crippen LogP contribution in [0.1, 0.15) is 32.1 Å². The highest BCUT2D eigenvalue weighted by molar-refractivity contribution is 7.89. The summed E-state index contributed by atoms with van der Waals surface area (Å²) in [5, 5.41) is 16.6. The molecule has 0 amide bonds. The van der Waals surface area contributed by atoms with E-state index in [0.29, 0.717) is 24.1 Å². The Morgan fingerprint density at radius 2 is 1.88 bits per heavy atom. The second-order valence-electron chi connectivity index (χ2n) is 5.93. The summed E-state index contributed by atoms with van der Waals surface area (Å²) in [5.74, 6) is -0.918. The molecule has 2 heterocycles. The van der Waals surface area contributed by atoms with Crippen molar-refractivity contribution >= 4 is 27.0 Å². The number of carboxylic acids is 1. The Bertz CT molecular complexity index is 838. The summed E-state index contributed by atoms with van der Waals surface area (Å²) in [6.45, 7) is 1.29. The zero-order valence-electron chi connectivity index (χ0n) is 13.3. The highest BCUT2D eigenvalue weighted by Crippen LogP contribution is 2.23. The van der Waals surface area contributed by atoms with Gasteiger partial charge in [-0.25, -0.2) is 13.1 Å². The SMILES string of the molecule is O=C(O)CCn1nnc2cc(S(=O)(=O)N3CCCCCC3)ccc21. The van der Waals surface area contributed by atoms with Gasteiger partial charge in [-0.2, -0.15) is 4.31 Å². The van der Waals surface area contributed by atoms with Crippen LogP contribution in [0.5, 0.6) is 0 Å². The zero-order chi connectivity index (χ0) is 17.2. The van der Waals surface area contributed by atoms with Crippen molar-refractivity contribution < 1.29 is 18.3 Å². The van der Waals surface area contributed by atoms with Crippen molar-refractivity contribution in [3.8, 4) is 0 Å². The molecule has 1 aliphatic rings. The van der Waals surface area contributed by atoms with Crippen LogP contribution in [0.15, 0.2) is 23.1 Å². The van der Waals surface area contributed by atoms with Crippen LogP contribution in [-0.2, 0) is 21.4 Å². The average molecular weight is 352 g/mol. The van der Waals surface area contributed by atoms with Crippen molar-refractivity contribution in [2.24, 2.45) is 0 Å². The molecule has 0 radical (unpaired) electrons. The number of aromatic nitrogens is 3. The molecule has 8 nitrogen and oxygen atoms in total. The number of sulfonamides is 1. The molecule has 24 heavy (non-hydrogen) atoms. The zero-order valence-corrected chi connectivity index (χ0v) is 14.1. The molecule has 0 saturated carbocycles. The van der Waals surface area contributed by atoms with E-state index in [9.17, 15) is 13.2 Å². The monoisotopic (exact) mass is 352 g/mol. The van der Waals surface area contributed by atoms with Crippen LogP contribution in [0.4, 0.5) is 0 Å². The van der Waals surface area contributed by atoms with E-state index >= 15 is 0 Å². The summed E-state index contributed by atoms with van der Waals surface area (Å²) in [7, 11) is -3.53. The first-order valence-electron chi connectivity index (χ1n) is 8.04. The fourth-order valence-electron chi connectivity index (χ4n) is 2.91. The second-order valence-corrected chi connectivity index (χ2v) is 7.86. The van der Waals surface area contributed by atoms with E-state index in [1.807, 2.05) is 0 Å². The molecule has 1 aromatic carbocycles. The van der Waals surface area contributed by atoms with Crippen LogP contribution in [0.3, 0.4) is 0 Å². The number of nitrogens with zero attached hydrogens (tertiary/aromatic N) is 4. The van der Waals surface area contributed by atoms with Gasteiger partial charge in [0.15, 0.2) is 0 Å². The van der Waals surface area contributed by atoms with E-state index in [1.54, 1.807) is 12.1 Å². The summed E-state index contributed by atoms with van der Waals surface area (Å²) >= 11 is 0. The predicted octanol–water partition coefficient (Wildman–Crippen LogP) is 1.47. The van der Waals surface area contributed by atoms with Gasteiger partial charge in [0.05, 0.1) is 23.4 Å². The summed E-state index contributed by atoms with van der Waals surface area (Å²) < 4.78 is 28.6. The van der Waals surface area contributed by atoms with E-state index in [1.165, 1.54) is 15.1 Å². The molecule has 1 fully saturated rings. The fraction of sp³-hybridized carbons (Fsp3) is 0.533. The average Bonchev–Trinajstić information content (AvgIpc) is 2.76. The van der Waals surface area contributed by atoms with Crippen molar-refractivity contribution in [2.75, 3.05) is 13.1 Å². The quantitative estimate of drug-likeness (QED) is 0.873. The Hall–Kier alpha value is -2.00. The molecule has 0 spiro atoms. The Labute approximate surface area is 140 Å². The van der Waals surface area contributed by atoms with Crippen molar-refractivity contribution in [3.63, 3.8) is 0 Å². The maximum absolute atomic E-state index is 12.8. The van der Waals surface area contributed by atoms with Crippen molar-refractivity contribution in [1.82, 2.24) is 19.3 Å². The Kier molecular flexibility index (Phi) is 4.81. The van der Waals surface area contributed by atoms with Gasteiger partial charge in [0.2, 0.25) is 10.0 Å². The van der Waals surface area contributed by atoms with Gasteiger partial charge in [0, 0.05) is 13.1 Å². The van der Waals surface area contributed by atoms with E-state index in [2.05, 4.69) is 10.3 Å². The molecule has 1 aromatic heterocycles. The first-order valence-corrected chi connectivity index (χ1v) is 9.48. The van der Waals surface area contributed by atoms with Gasteiger partial charge in [-0.15, -0.1) is 5.10 Å². The number of carbonyl (C=O) groups is 1. The maximum Gasteiger partial charge on any atom is 0.305 e. The highest BCUT2D eigenvalue weighted by atomic mass is 32.2. The van der Waals surface area contributed by atoms with E-state index in [-0.39, 0.29) is 17.9 Å². The topological polar surface area (TPSA) is 105 Å². The maximum atomic E-state index is 12.8. The van der Waals surface area contributed by atoms with Gasteiger partial charge in [-0.3, -0.25) is 4.79 Å². The standard InChI is InChI=1S/C15H20N4O4S/c20-15(21)7-10-19-14-6-5-12(11-13(14)16-17-19)24(22,23)18-8-3-1-2-4-9-18/h5-6,11H,1-4,7-10H2,(H,20,21). The van der Waals surface area contributed by atoms with Gasteiger partial charge in [0.25, 0.3) is 0 Å². The molecule has 0 bridgehead atoms. The van der Waals surface area contributed by atoms with Gasteiger partial charge in [-0.1, -0.05) is 18.1 Å². The molecular formula is C15H20N4O4S. The molecule has 1 N–H and O–H groups in total. The first-order chi connectivity index (χ1) is 11.5. The summed E-state index contributed by atoms with van der Waals surface area (Å²) in [5.41, 5.74) is 1.09. The molecule has 2 aromatic rings. The second kappa shape index (κ2) is 6.86. The van der Waals surface area contributed by atoms with Gasteiger partial charge >= 0.3 is 5.97 Å². The lowest BCUT2D eigenvalue weighted by atomic mass is 10.2. The summed E-state index contributed by atoms with van der Waals surface area (Å²) in [6.07, 6.45) is 3.82. The lowest BCUT2D eigenvalue weighted by molar-refractivity contribution is -0.137. The van der Waals surface area contributed by atoms with Crippen molar-refractivity contribution in [2.45, 2.75) is 43.5 Å². The summed E-state index contributed by atoms with van der Waals surface area (Å²) in [6, 6.07) is 4.70. The summed E-state index contributed by atoms with van der Waals surface area (Å²) in [4.78, 5) is 10.9. The molecule has 0 aliphatic carbocycles. The van der Waals surface area contributed by atoms with Crippen LogP contribution < -0.4 is 0 Å². The number of fused-ring (bicyclic) bond motifs is 1. The lowest BCUT2D eigenvalue weighted by Gasteiger charge is -2.19. The van der Waals surface area contributed by atoms with E-state index in [0.717, 1.165) is 25.7 Å². The number of hydrogen-bond acceptors (Lipinski definition) is 5. The fourth-order valence-corrected chi connectivity index (χ4v) is 4.45. The van der Waals surface area contributed by atoms with Gasteiger partial charge in [-0.05, 0) is 31.0 Å². The van der Waals surface area contributed by atoms with Crippen LogP contribution in [0, 0.1) is 0 Å². The van der Waals surface area contributed by atoms with E-state index < -0.39 is 16.0 Å². The molecule has 130 valence electrons. The Balaban J connectivity index is 1.88. The number of carboxylic acid groups (broad SMARTS) is 1. The number of benzene rings is 1. The third-order valence-electron chi connectivity index (χ3n) is 4.23. The molecular weight excluding hydrogens is 332 g/mol. The number of aryl methyl sites for hydroxylation is 1. The minimum absolute atomic E-state index is 0.0632. The highest BCUT2D eigenvalue weighted by Gasteiger charge is 2.25. The van der Waals surface area contributed by atoms with Gasteiger partial charge < -0.3 is 5.11 Å². The minimum Gasteiger partial charge on any atom is -0.481 e. The Morgan fingerprint density at radius 3 is 2.54 bits per heavy atom. The molecule has 1 saturated heterocycles. The molecule has 0 atom stereocenters. The predicted molar refractivity (Wildman–Crippen MR) is 87.0 cm³/mol. The first kappa shape index (κ1) is 16.8.